The van der Waals surface area contributed by atoms with Crippen LogP contribution in [0.4, 0.5) is 0 Å². The maximum atomic E-state index is 12.1. The van der Waals surface area contributed by atoms with E-state index in [1.54, 1.807) is 12.3 Å². The van der Waals surface area contributed by atoms with E-state index in [1.807, 2.05) is 23.1 Å². The van der Waals surface area contributed by atoms with Gasteiger partial charge in [-0.05, 0) is 30.3 Å². The molecule has 0 spiro atoms. The van der Waals surface area contributed by atoms with E-state index < -0.39 is 11.6 Å². The highest BCUT2D eigenvalue weighted by molar-refractivity contribution is 5.93. The topological polar surface area (TPSA) is 82.1 Å². The second-order valence-electron chi connectivity index (χ2n) is 5.74. The van der Waals surface area contributed by atoms with Gasteiger partial charge in [0.2, 0.25) is 0 Å². The number of furan rings is 1. The molecule has 7 nitrogen and oxygen atoms in total. The minimum atomic E-state index is -0.726. The summed E-state index contributed by atoms with van der Waals surface area (Å²) in [5.41, 5.74) is 0.332. The van der Waals surface area contributed by atoms with Crippen LogP contribution >= 0.6 is 0 Å². The zero-order valence-corrected chi connectivity index (χ0v) is 13.5. The average molecular weight is 341 g/mol. The van der Waals surface area contributed by atoms with Crippen molar-refractivity contribution in [3.05, 3.63) is 63.9 Å². The predicted octanol–water partition coefficient (Wildman–Crippen LogP) is 2.52. The molecule has 0 atom stereocenters. The van der Waals surface area contributed by atoms with Crippen molar-refractivity contribution in [3.8, 4) is 5.75 Å². The largest absolute Gasteiger partial charge is 0.478 e. The Labute approximate surface area is 142 Å². The summed E-state index contributed by atoms with van der Waals surface area (Å²) in [6, 6.07) is 8.77. The molecular weight excluding hydrogens is 326 g/mol. The van der Waals surface area contributed by atoms with Crippen LogP contribution in [0.25, 0.3) is 11.0 Å². The van der Waals surface area contributed by atoms with Gasteiger partial charge in [-0.3, -0.25) is 4.90 Å². The van der Waals surface area contributed by atoms with Crippen molar-refractivity contribution in [2.24, 2.45) is 0 Å². The van der Waals surface area contributed by atoms with Gasteiger partial charge < -0.3 is 18.3 Å². The van der Waals surface area contributed by atoms with Gasteiger partial charge in [0.15, 0.2) is 0 Å². The molecule has 128 valence electrons. The summed E-state index contributed by atoms with van der Waals surface area (Å²) < 4.78 is 21.1. The molecule has 3 heterocycles. The normalized spacial score (nSPS) is 14.1. The molecule has 25 heavy (non-hydrogen) atoms. The summed E-state index contributed by atoms with van der Waals surface area (Å²) in [4.78, 5) is 25.8. The molecule has 4 rings (SSSR count). The Morgan fingerprint density at radius 1 is 1.32 bits per heavy atom. The number of nitrogens with zero attached hydrogens (tertiary/aromatic N) is 1. The number of benzene rings is 1. The molecule has 0 aliphatic carbocycles. The van der Waals surface area contributed by atoms with Crippen LogP contribution in [0.5, 0.6) is 5.75 Å². The van der Waals surface area contributed by atoms with Crippen molar-refractivity contribution in [1.82, 2.24) is 4.90 Å². The third-order valence-corrected chi connectivity index (χ3v) is 4.11. The van der Waals surface area contributed by atoms with Crippen molar-refractivity contribution < 1.29 is 23.1 Å². The Morgan fingerprint density at radius 3 is 2.96 bits per heavy atom. The Balaban J connectivity index is 1.74. The number of carbonyl (C=O) groups excluding carboxylic acids is 1. The van der Waals surface area contributed by atoms with Crippen molar-refractivity contribution in [1.29, 1.82) is 0 Å². The Bertz CT molecular complexity index is 989. The van der Waals surface area contributed by atoms with Crippen LogP contribution in [0.1, 0.15) is 21.7 Å². The van der Waals surface area contributed by atoms with E-state index in [2.05, 4.69) is 4.74 Å². The highest BCUT2D eigenvalue weighted by Crippen LogP contribution is 2.32. The van der Waals surface area contributed by atoms with Crippen LogP contribution in [0.2, 0.25) is 0 Å². The highest BCUT2D eigenvalue weighted by Gasteiger charge is 2.23. The number of methoxy groups -OCH3 is 1. The number of hydrogen-bond acceptors (Lipinski definition) is 7. The molecule has 1 aliphatic rings. The molecule has 0 N–H and O–H groups in total. The molecule has 1 aromatic carbocycles. The first-order valence-corrected chi connectivity index (χ1v) is 7.71. The zero-order chi connectivity index (χ0) is 17.4. The number of rotatable bonds is 3. The molecule has 2 aromatic heterocycles. The van der Waals surface area contributed by atoms with Gasteiger partial charge in [0.25, 0.3) is 0 Å². The molecule has 0 unspecified atom stereocenters. The molecule has 0 radical (unpaired) electrons. The Kier molecular flexibility index (Phi) is 3.77. The lowest BCUT2D eigenvalue weighted by Gasteiger charge is -2.28. The first-order valence-electron chi connectivity index (χ1n) is 7.71. The number of hydrogen-bond donors (Lipinski definition) is 0. The van der Waals surface area contributed by atoms with Gasteiger partial charge in [-0.1, -0.05) is 0 Å². The number of fused-ring (bicyclic) bond motifs is 3. The minimum Gasteiger partial charge on any atom is -0.478 e. The van der Waals surface area contributed by atoms with Gasteiger partial charge in [-0.15, -0.1) is 0 Å². The molecule has 3 aromatic rings. The smallest absolute Gasteiger partial charge is 0.351 e. The highest BCUT2D eigenvalue weighted by atomic mass is 16.5. The van der Waals surface area contributed by atoms with E-state index in [4.69, 9.17) is 13.6 Å². The Hall–Kier alpha value is -3.06. The first kappa shape index (κ1) is 15.5. The van der Waals surface area contributed by atoms with Gasteiger partial charge in [-0.25, -0.2) is 9.59 Å². The molecule has 7 heteroatoms. The third-order valence-electron chi connectivity index (χ3n) is 4.11. The molecular formula is C18H15NO6. The van der Waals surface area contributed by atoms with Crippen molar-refractivity contribution in [3.63, 3.8) is 0 Å². The van der Waals surface area contributed by atoms with Crippen LogP contribution in [0.15, 0.2) is 50.2 Å². The standard InChI is InChI=1S/C18H15NO6/c1-22-17(20)13-7-11-4-5-15-14(16(11)25-18(13)21)9-19(10-24-15)8-12-3-2-6-23-12/h2-7H,8-10H2,1H3. The number of ether oxygens (including phenoxy) is 2. The summed E-state index contributed by atoms with van der Waals surface area (Å²) in [5.74, 6) is 0.767. The number of carbonyl (C=O) groups is 1. The van der Waals surface area contributed by atoms with E-state index in [9.17, 15) is 9.59 Å². The van der Waals surface area contributed by atoms with Gasteiger partial charge in [0, 0.05) is 11.9 Å². The van der Waals surface area contributed by atoms with E-state index in [0.29, 0.717) is 36.5 Å². The maximum Gasteiger partial charge on any atom is 0.351 e. The van der Waals surface area contributed by atoms with Gasteiger partial charge in [-0.2, -0.15) is 0 Å². The maximum absolute atomic E-state index is 12.1. The molecule has 1 aliphatic heterocycles. The fourth-order valence-corrected chi connectivity index (χ4v) is 2.92. The molecule has 0 fully saturated rings. The zero-order valence-electron chi connectivity index (χ0n) is 13.5. The quantitative estimate of drug-likeness (QED) is 0.535. The van der Waals surface area contributed by atoms with Crippen molar-refractivity contribution in [2.75, 3.05) is 13.8 Å². The SMILES string of the molecule is COC(=O)c1cc2ccc3c(c2oc1=O)CN(Cc1ccco1)CO3. The molecule has 0 saturated carbocycles. The second kappa shape index (κ2) is 6.10. The van der Waals surface area contributed by atoms with Crippen LogP contribution in [-0.2, 0) is 17.8 Å². The molecule has 0 saturated heterocycles. The lowest BCUT2D eigenvalue weighted by Crippen LogP contribution is -2.31. The van der Waals surface area contributed by atoms with Crippen molar-refractivity contribution >= 4 is 16.9 Å². The van der Waals surface area contributed by atoms with Crippen LogP contribution in [0.3, 0.4) is 0 Å². The summed E-state index contributed by atoms with van der Waals surface area (Å²) in [6.45, 7) is 1.52. The minimum absolute atomic E-state index is 0.126. The summed E-state index contributed by atoms with van der Waals surface area (Å²) in [7, 11) is 1.22. The van der Waals surface area contributed by atoms with Crippen LogP contribution < -0.4 is 10.4 Å². The van der Waals surface area contributed by atoms with Gasteiger partial charge in [0.05, 0.1) is 25.5 Å². The molecule has 0 amide bonds. The van der Waals surface area contributed by atoms with E-state index >= 15 is 0 Å². The van der Waals surface area contributed by atoms with E-state index in [-0.39, 0.29) is 5.56 Å². The number of esters is 1. The Morgan fingerprint density at radius 2 is 2.20 bits per heavy atom. The fraction of sp³-hybridized carbons (Fsp3) is 0.222. The van der Waals surface area contributed by atoms with Crippen LogP contribution in [-0.4, -0.2) is 24.7 Å². The van der Waals surface area contributed by atoms with Gasteiger partial charge in [0.1, 0.15) is 29.4 Å². The summed E-state index contributed by atoms with van der Waals surface area (Å²) >= 11 is 0. The van der Waals surface area contributed by atoms with E-state index in [1.165, 1.54) is 13.2 Å². The third kappa shape index (κ3) is 2.78. The monoisotopic (exact) mass is 341 g/mol. The lowest BCUT2D eigenvalue weighted by molar-refractivity contribution is 0.0596. The van der Waals surface area contributed by atoms with E-state index in [0.717, 1.165) is 11.3 Å². The predicted molar refractivity (Wildman–Crippen MR) is 87.3 cm³/mol. The van der Waals surface area contributed by atoms with Crippen LogP contribution in [0, 0.1) is 0 Å². The van der Waals surface area contributed by atoms with Crippen molar-refractivity contribution in [2.45, 2.75) is 13.1 Å². The molecule has 0 bridgehead atoms. The summed E-state index contributed by atoms with van der Waals surface area (Å²) in [6.07, 6.45) is 1.62. The summed E-state index contributed by atoms with van der Waals surface area (Å²) in [5, 5.41) is 0.641. The first-order chi connectivity index (χ1) is 12.2. The lowest BCUT2D eigenvalue weighted by atomic mass is 10.1. The second-order valence-corrected chi connectivity index (χ2v) is 5.74. The fourth-order valence-electron chi connectivity index (χ4n) is 2.92. The average Bonchev–Trinajstić information content (AvgIpc) is 3.13. The van der Waals surface area contributed by atoms with Gasteiger partial charge >= 0.3 is 11.6 Å².